The molecule has 24 heavy (non-hydrogen) atoms. The van der Waals surface area contributed by atoms with Crippen molar-refractivity contribution in [2.24, 2.45) is 0 Å². The van der Waals surface area contributed by atoms with Crippen molar-refractivity contribution < 1.29 is 19.1 Å². The van der Waals surface area contributed by atoms with Gasteiger partial charge in [-0.3, -0.25) is 4.79 Å². The van der Waals surface area contributed by atoms with E-state index in [1.807, 2.05) is 6.92 Å². The molecular formula is C19H23NO4. The SMILES string of the molecule is [C-]#[N+]Cc1ccc(OC)c(/C=C(\C(=O)CCCC)C(=O)OCC)c1. The summed E-state index contributed by atoms with van der Waals surface area (Å²) in [6, 6.07) is 5.27. The lowest BCUT2D eigenvalue weighted by atomic mass is 10.0. The molecule has 1 aromatic carbocycles. The first-order chi connectivity index (χ1) is 11.6. The van der Waals surface area contributed by atoms with Crippen LogP contribution in [0.25, 0.3) is 10.9 Å². The van der Waals surface area contributed by atoms with Crippen molar-refractivity contribution in [3.63, 3.8) is 0 Å². The third-order valence-corrected chi connectivity index (χ3v) is 3.41. The monoisotopic (exact) mass is 329 g/mol. The average molecular weight is 329 g/mol. The van der Waals surface area contributed by atoms with Gasteiger partial charge in [0.15, 0.2) is 5.78 Å². The summed E-state index contributed by atoms with van der Waals surface area (Å²) in [5, 5.41) is 0. The molecule has 0 radical (unpaired) electrons. The highest BCUT2D eigenvalue weighted by Crippen LogP contribution is 2.24. The van der Waals surface area contributed by atoms with E-state index in [-0.39, 0.29) is 24.5 Å². The maximum Gasteiger partial charge on any atom is 0.341 e. The smallest absolute Gasteiger partial charge is 0.341 e. The number of methoxy groups -OCH3 is 1. The van der Waals surface area contributed by atoms with E-state index in [1.165, 1.54) is 13.2 Å². The topological polar surface area (TPSA) is 57.0 Å². The number of carbonyl (C=O) groups is 2. The number of carbonyl (C=O) groups excluding carboxylic acids is 2. The molecule has 0 aromatic heterocycles. The van der Waals surface area contributed by atoms with Crippen LogP contribution in [0, 0.1) is 6.57 Å². The number of rotatable bonds is 9. The van der Waals surface area contributed by atoms with Crippen LogP contribution in [0.3, 0.4) is 0 Å². The summed E-state index contributed by atoms with van der Waals surface area (Å²) in [7, 11) is 1.52. The van der Waals surface area contributed by atoms with Gasteiger partial charge in [0.25, 0.3) is 0 Å². The first kappa shape index (κ1) is 19.4. The molecule has 0 spiro atoms. The first-order valence-electron chi connectivity index (χ1n) is 7.99. The van der Waals surface area contributed by atoms with Crippen LogP contribution >= 0.6 is 0 Å². The molecule has 1 aromatic rings. The Labute approximate surface area is 143 Å². The van der Waals surface area contributed by atoms with E-state index in [0.29, 0.717) is 24.2 Å². The van der Waals surface area contributed by atoms with Crippen molar-refractivity contribution in [3.8, 4) is 5.75 Å². The van der Waals surface area contributed by atoms with Gasteiger partial charge in [-0.25, -0.2) is 11.4 Å². The molecule has 128 valence electrons. The number of hydrogen-bond donors (Lipinski definition) is 0. The molecule has 0 atom stereocenters. The Morgan fingerprint density at radius 1 is 1.29 bits per heavy atom. The lowest BCUT2D eigenvalue weighted by Gasteiger charge is -2.09. The molecule has 0 amide bonds. The van der Waals surface area contributed by atoms with E-state index in [4.69, 9.17) is 16.0 Å². The van der Waals surface area contributed by atoms with Crippen molar-refractivity contribution in [1.82, 2.24) is 0 Å². The van der Waals surface area contributed by atoms with Crippen LogP contribution in [0.15, 0.2) is 23.8 Å². The lowest BCUT2D eigenvalue weighted by molar-refractivity contribution is -0.139. The molecule has 0 saturated carbocycles. The van der Waals surface area contributed by atoms with Gasteiger partial charge in [0.1, 0.15) is 11.3 Å². The third-order valence-electron chi connectivity index (χ3n) is 3.41. The van der Waals surface area contributed by atoms with Gasteiger partial charge in [-0.2, -0.15) is 0 Å². The minimum Gasteiger partial charge on any atom is -0.496 e. The summed E-state index contributed by atoms with van der Waals surface area (Å²) >= 11 is 0. The Morgan fingerprint density at radius 3 is 2.62 bits per heavy atom. The Bertz CT molecular complexity index is 656. The Balaban J connectivity index is 3.29. The molecule has 0 saturated heterocycles. The molecule has 5 heteroatoms. The number of nitrogens with zero attached hydrogens (tertiary/aromatic N) is 1. The van der Waals surface area contributed by atoms with Gasteiger partial charge in [-0.1, -0.05) is 13.3 Å². The third kappa shape index (κ3) is 5.54. The molecule has 0 aliphatic rings. The average Bonchev–Trinajstić information content (AvgIpc) is 2.58. The van der Waals surface area contributed by atoms with Crippen LogP contribution in [0.5, 0.6) is 5.75 Å². The van der Waals surface area contributed by atoms with E-state index >= 15 is 0 Å². The Hall–Kier alpha value is -2.61. The molecule has 0 unspecified atom stereocenters. The first-order valence-corrected chi connectivity index (χ1v) is 7.99. The summed E-state index contributed by atoms with van der Waals surface area (Å²) in [5.41, 5.74) is 1.40. The Morgan fingerprint density at radius 2 is 2.04 bits per heavy atom. The van der Waals surface area contributed by atoms with E-state index in [9.17, 15) is 9.59 Å². The van der Waals surface area contributed by atoms with Crippen LogP contribution < -0.4 is 4.74 Å². The molecule has 0 N–H and O–H groups in total. The zero-order valence-corrected chi connectivity index (χ0v) is 14.4. The van der Waals surface area contributed by atoms with Crippen LogP contribution in [-0.4, -0.2) is 25.5 Å². The fraction of sp³-hybridized carbons (Fsp3) is 0.421. The maximum atomic E-state index is 12.4. The van der Waals surface area contributed by atoms with E-state index in [0.717, 1.165) is 12.0 Å². The van der Waals surface area contributed by atoms with Crippen molar-refractivity contribution in [2.75, 3.05) is 13.7 Å². The highest BCUT2D eigenvalue weighted by molar-refractivity contribution is 6.20. The largest absolute Gasteiger partial charge is 0.496 e. The number of Topliss-reactive ketones (excluding diaryl/α,β-unsaturated/α-hetero) is 1. The van der Waals surface area contributed by atoms with Gasteiger partial charge in [-0.05, 0) is 37.6 Å². The highest BCUT2D eigenvalue weighted by Gasteiger charge is 2.20. The van der Waals surface area contributed by atoms with Crippen LogP contribution in [0.2, 0.25) is 0 Å². The molecule has 0 aliphatic heterocycles. The van der Waals surface area contributed by atoms with Crippen molar-refractivity contribution in [2.45, 2.75) is 39.7 Å². The minimum atomic E-state index is -0.628. The predicted octanol–water partition coefficient (Wildman–Crippen LogP) is 3.82. The number of benzene rings is 1. The number of unbranched alkanes of at least 4 members (excludes halogenated alkanes) is 1. The summed E-state index contributed by atoms with van der Waals surface area (Å²) in [5.74, 6) is -0.335. The quantitative estimate of drug-likeness (QED) is 0.227. The standard InChI is InChI=1S/C19H23NO4/c1-5-7-8-17(21)16(19(22)24-6-2)12-15-11-14(13-20-3)9-10-18(15)23-4/h9-12H,5-8,13H2,1-2,4H3/b16-12+. The maximum absolute atomic E-state index is 12.4. The zero-order valence-electron chi connectivity index (χ0n) is 14.4. The predicted molar refractivity (Wildman–Crippen MR) is 92.4 cm³/mol. The van der Waals surface area contributed by atoms with Gasteiger partial charge in [0.05, 0.1) is 13.7 Å². The summed E-state index contributed by atoms with van der Waals surface area (Å²) in [4.78, 5) is 27.9. The molecule has 1 rings (SSSR count). The van der Waals surface area contributed by atoms with E-state index in [1.54, 1.807) is 25.1 Å². The fourth-order valence-corrected chi connectivity index (χ4v) is 2.18. The van der Waals surface area contributed by atoms with Gasteiger partial charge in [0.2, 0.25) is 6.54 Å². The van der Waals surface area contributed by atoms with Crippen LogP contribution in [0.1, 0.15) is 44.2 Å². The van der Waals surface area contributed by atoms with Gasteiger partial charge in [0, 0.05) is 17.5 Å². The molecule has 0 aliphatic carbocycles. The van der Waals surface area contributed by atoms with Gasteiger partial charge >= 0.3 is 5.97 Å². The van der Waals surface area contributed by atoms with E-state index < -0.39 is 5.97 Å². The fourth-order valence-electron chi connectivity index (χ4n) is 2.18. The number of esters is 1. The molecule has 5 nitrogen and oxygen atoms in total. The molecule has 0 bridgehead atoms. The number of hydrogen-bond acceptors (Lipinski definition) is 4. The highest BCUT2D eigenvalue weighted by atomic mass is 16.5. The number of ether oxygens (including phenoxy) is 2. The zero-order chi connectivity index (χ0) is 17.9. The molecular weight excluding hydrogens is 306 g/mol. The molecule has 0 heterocycles. The van der Waals surface area contributed by atoms with Gasteiger partial charge < -0.3 is 14.3 Å². The summed E-state index contributed by atoms with van der Waals surface area (Å²) in [6.07, 6.45) is 3.38. The lowest BCUT2D eigenvalue weighted by Crippen LogP contribution is -2.16. The summed E-state index contributed by atoms with van der Waals surface area (Å²) in [6.45, 7) is 11.1. The van der Waals surface area contributed by atoms with Crippen molar-refractivity contribution >= 4 is 17.8 Å². The second kappa shape index (κ2) is 10.2. The van der Waals surface area contributed by atoms with Crippen LogP contribution in [-0.2, 0) is 20.9 Å². The Kier molecular flexibility index (Phi) is 8.28. The second-order valence-corrected chi connectivity index (χ2v) is 5.20. The van der Waals surface area contributed by atoms with Crippen LogP contribution in [0.4, 0.5) is 0 Å². The van der Waals surface area contributed by atoms with Crippen molar-refractivity contribution in [1.29, 1.82) is 0 Å². The second-order valence-electron chi connectivity index (χ2n) is 5.20. The normalized spacial score (nSPS) is 10.8. The molecule has 0 fully saturated rings. The number of ketones is 1. The van der Waals surface area contributed by atoms with Crippen molar-refractivity contribution in [3.05, 3.63) is 46.3 Å². The van der Waals surface area contributed by atoms with Gasteiger partial charge in [-0.15, -0.1) is 0 Å². The minimum absolute atomic E-state index is 0.0172. The summed E-state index contributed by atoms with van der Waals surface area (Å²) < 4.78 is 10.3. The van der Waals surface area contributed by atoms with E-state index in [2.05, 4.69) is 4.85 Å².